The van der Waals surface area contributed by atoms with Crippen LogP contribution in [0.1, 0.15) is 16.7 Å². The summed E-state index contributed by atoms with van der Waals surface area (Å²) in [7, 11) is 0. The molecule has 31 heavy (non-hydrogen) atoms. The zero-order chi connectivity index (χ0) is 22.3. The van der Waals surface area contributed by atoms with Crippen molar-refractivity contribution in [1.82, 2.24) is 9.88 Å². The second-order valence-electron chi connectivity index (χ2n) is 7.70. The van der Waals surface area contributed by atoms with Crippen molar-refractivity contribution in [2.24, 2.45) is 5.92 Å². The molecule has 10 heteroatoms. The monoisotopic (exact) mass is 437 g/mol. The molecule has 0 saturated carbocycles. The molecule has 1 aromatic heterocycles. The highest BCUT2D eigenvalue weighted by Gasteiger charge is 2.47. The van der Waals surface area contributed by atoms with Crippen LogP contribution < -0.4 is 4.90 Å². The average Bonchev–Trinajstić information content (AvgIpc) is 2.66. The Labute approximate surface area is 175 Å². The summed E-state index contributed by atoms with van der Waals surface area (Å²) in [5.41, 5.74) is 0.228. The first-order valence-electron chi connectivity index (χ1n) is 9.62. The number of carbonyl (C=O) groups excluding carboxylic acids is 2. The third kappa shape index (κ3) is 4.12. The lowest BCUT2D eigenvalue weighted by Gasteiger charge is -2.45. The molecule has 2 amide bonds. The van der Waals surface area contributed by atoms with Crippen LogP contribution in [0.5, 0.6) is 0 Å². The van der Waals surface area contributed by atoms with Crippen LogP contribution in [0.4, 0.5) is 23.4 Å². The van der Waals surface area contributed by atoms with Crippen LogP contribution in [-0.2, 0) is 27.0 Å². The number of benzene rings is 1. The van der Waals surface area contributed by atoms with Gasteiger partial charge in [-0.15, -0.1) is 0 Å². The van der Waals surface area contributed by atoms with E-state index in [0.29, 0.717) is 11.1 Å². The quantitative estimate of drug-likeness (QED) is 0.691. The molecule has 2 aliphatic heterocycles. The molecule has 0 N–H and O–H groups in total. The van der Waals surface area contributed by atoms with Gasteiger partial charge in [0.15, 0.2) is 11.6 Å². The molecule has 2 saturated heterocycles. The van der Waals surface area contributed by atoms with Crippen LogP contribution in [0.25, 0.3) is 0 Å². The standard InChI is InChI=1S/C21H19F4N3O3/c1-12-6-16(22)19(26-7-12)28-9-17(29)27(18(20(28)30)14-10-31-11-14)8-13-2-4-15(5-3-13)21(23,24)25/h2-7,14,18H,8-11H2,1H3. The minimum absolute atomic E-state index is 0.0402. The van der Waals surface area contributed by atoms with Crippen molar-refractivity contribution < 1.29 is 31.9 Å². The van der Waals surface area contributed by atoms with Crippen LogP contribution >= 0.6 is 0 Å². The van der Waals surface area contributed by atoms with Crippen molar-refractivity contribution >= 4 is 17.6 Å². The lowest BCUT2D eigenvalue weighted by molar-refractivity contribution is -0.155. The summed E-state index contributed by atoms with van der Waals surface area (Å²) in [6.07, 6.45) is -3.06. The number of amides is 2. The number of ether oxygens (including phenoxy) is 1. The summed E-state index contributed by atoms with van der Waals surface area (Å²) >= 11 is 0. The molecule has 1 unspecified atom stereocenters. The van der Waals surface area contributed by atoms with E-state index >= 15 is 0 Å². The van der Waals surface area contributed by atoms with Crippen LogP contribution in [0, 0.1) is 18.7 Å². The van der Waals surface area contributed by atoms with Gasteiger partial charge in [0.05, 0.1) is 18.8 Å². The van der Waals surface area contributed by atoms with Crippen molar-refractivity contribution in [2.45, 2.75) is 25.7 Å². The second-order valence-corrected chi connectivity index (χ2v) is 7.70. The largest absolute Gasteiger partial charge is 0.416 e. The summed E-state index contributed by atoms with van der Waals surface area (Å²) in [6.45, 7) is 1.72. The number of nitrogens with zero attached hydrogens (tertiary/aromatic N) is 3. The van der Waals surface area contributed by atoms with E-state index < -0.39 is 42.0 Å². The van der Waals surface area contributed by atoms with E-state index in [0.717, 1.165) is 17.0 Å². The maximum atomic E-state index is 14.4. The molecule has 3 heterocycles. The van der Waals surface area contributed by atoms with Gasteiger partial charge in [0, 0.05) is 18.7 Å². The third-order valence-corrected chi connectivity index (χ3v) is 5.43. The Morgan fingerprint density at radius 3 is 2.39 bits per heavy atom. The first-order chi connectivity index (χ1) is 14.6. The summed E-state index contributed by atoms with van der Waals surface area (Å²) in [5, 5.41) is 0. The molecule has 6 nitrogen and oxygen atoms in total. The van der Waals surface area contributed by atoms with Crippen molar-refractivity contribution in [3.63, 3.8) is 0 Å². The normalized spacial score (nSPS) is 20.2. The molecule has 164 valence electrons. The van der Waals surface area contributed by atoms with Gasteiger partial charge in [0.2, 0.25) is 5.91 Å². The van der Waals surface area contributed by atoms with Gasteiger partial charge in [-0.2, -0.15) is 13.2 Å². The van der Waals surface area contributed by atoms with Crippen molar-refractivity contribution in [1.29, 1.82) is 0 Å². The molecular weight excluding hydrogens is 418 g/mol. The third-order valence-electron chi connectivity index (χ3n) is 5.43. The average molecular weight is 437 g/mol. The molecule has 4 rings (SSSR count). The van der Waals surface area contributed by atoms with Crippen LogP contribution in [-0.4, -0.2) is 47.5 Å². The number of hydrogen-bond acceptors (Lipinski definition) is 4. The molecule has 0 radical (unpaired) electrons. The van der Waals surface area contributed by atoms with E-state index in [4.69, 9.17) is 4.74 Å². The highest BCUT2D eigenvalue weighted by Crippen LogP contribution is 2.32. The fourth-order valence-electron chi connectivity index (χ4n) is 3.73. The summed E-state index contributed by atoms with van der Waals surface area (Å²) in [4.78, 5) is 32.6. The SMILES string of the molecule is Cc1cnc(N2CC(=O)N(Cc3ccc(C(F)(F)F)cc3)C(C3COC3)C2=O)c(F)c1. The molecular formula is C21H19F4N3O3. The summed E-state index contributed by atoms with van der Waals surface area (Å²) < 4.78 is 58.0. The molecule has 0 aliphatic carbocycles. The Kier molecular flexibility index (Phi) is 5.42. The maximum Gasteiger partial charge on any atom is 0.416 e. The first-order valence-corrected chi connectivity index (χ1v) is 9.62. The van der Waals surface area contributed by atoms with Gasteiger partial charge in [0.25, 0.3) is 5.91 Å². The number of rotatable bonds is 4. The van der Waals surface area contributed by atoms with Crippen molar-refractivity contribution in [3.05, 3.63) is 59.0 Å². The number of halogens is 4. The Bertz CT molecular complexity index is 1010. The number of aromatic nitrogens is 1. The van der Waals surface area contributed by atoms with Gasteiger partial charge in [-0.25, -0.2) is 9.37 Å². The zero-order valence-corrected chi connectivity index (χ0v) is 16.5. The van der Waals surface area contributed by atoms with E-state index in [-0.39, 0.29) is 31.5 Å². The van der Waals surface area contributed by atoms with E-state index in [2.05, 4.69) is 4.98 Å². The van der Waals surface area contributed by atoms with E-state index in [1.165, 1.54) is 29.3 Å². The molecule has 2 aromatic rings. The fraction of sp³-hybridized carbons (Fsp3) is 0.381. The number of alkyl halides is 3. The van der Waals surface area contributed by atoms with Crippen LogP contribution in [0.2, 0.25) is 0 Å². The number of aryl methyl sites for hydroxylation is 1. The minimum Gasteiger partial charge on any atom is -0.380 e. The lowest BCUT2D eigenvalue weighted by Crippen LogP contribution is -2.65. The van der Waals surface area contributed by atoms with Gasteiger partial charge >= 0.3 is 6.18 Å². The van der Waals surface area contributed by atoms with E-state index in [1.807, 2.05) is 0 Å². The Morgan fingerprint density at radius 2 is 1.84 bits per heavy atom. The van der Waals surface area contributed by atoms with Gasteiger partial charge < -0.3 is 9.64 Å². The number of anilines is 1. The number of piperazine rings is 1. The summed E-state index contributed by atoms with van der Waals surface area (Å²) in [6, 6.07) is 4.75. The summed E-state index contributed by atoms with van der Waals surface area (Å²) in [5.74, 6) is -2.15. The highest BCUT2D eigenvalue weighted by atomic mass is 19.4. The molecule has 0 spiro atoms. The topological polar surface area (TPSA) is 62.7 Å². The second kappa shape index (κ2) is 7.92. The first kappa shape index (κ1) is 21.2. The number of pyridine rings is 1. The zero-order valence-electron chi connectivity index (χ0n) is 16.5. The van der Waals surface area contributed by atoms with Crippen LogP contribution in [0.3, 0.4) is 0 Å². The molecule has 2 aliphatic rings. The maximum absolute atomic E-state index is 14.4. The molecule has 1 aromatic carbocycles. The van der Waals surface area contributed by atoms with Crippen molar-refractivity contribution in [3.8, 4) is 0 Å². The predicted molar refractivity (Wildman–Crippen MR) is 101 cm³/mol. The lowest BCUT2D eigenvalue weighted by atomic mass is 9.92. The number of carbonyl (C=O) groups is 2. The van der Waals surface area contributed by atoms with E-state index in [1.54, 1.807) is 6.92 Å². The van der Waals surface area contributed by atoms with Gasteiger partial charge in [0.1, 0.15) is 12.6 Å². The van der Waals surface area contributed by atoms with Crippen molar-refractivity contribution in [2.75, 3.05) is 24.7 Å². The molecule has 0 bridgehead atoms. The van der Waals surface area contributed by atoms with Gasteiger partial charge in [-0.1, -0.05) is 12.1 Å². The Balaban J connectivity index is 1.61. The number of hydrogen-bond donors (Lipinski definition) is 0. The minimum atomic E-state index is -4.47. The highest BCUT2D eigenvalue weighted by molar-refractivity contribution is 6.06. The Morgan fingerprint density at radius 1 is 1.16 bits per heavy atom. The smallest absolute Gasteiger partial charge is 0.380 e. The van der Waals surface area contributed by atoms with Gasteiger partial charge in [-0.05, 0) is 36.2 Å². The fourth-order valence-corrected chi connectivity index (χ4v) is 3.73. The molecule has 2 fully saturated rings. The van der Waals surface area contributed by atoms with E-state index in [9.17, 15) is 27.2 Å². The van der Waals surface area contributed by atoms with Crippen LogP contribution in [0.15, 0.2) is 36.5 Å². The Hall–Kier alpha value is -3.01. The molecule has 1 atom stereocenters. The predicted octanol–water partition coefficient (Wildman–Crippen LogP) is 2.94. The van der Waals surface area contributed by atoms with Gasteiger partial charge in [-0.3, -0.25) is 14.5 Å².